The normalized spacial score (nSPS) is 21.4. The molecule has 1 saturated heterocycles. The van der Waals surface area contributed by atoms with Crippen molar-refractivity contribution in [1.29, 1.82) is 0 Å². The highest BCUT2D eigenvalue weighted by molar-refractivity contribution is 5.99. The number of fused-ring (bicyclic) bond motifs is 1. The molecule has 0 saturated carbocycles. The van der Waals surface area contributed by atoms with Crippen molar-refractivity contribution in [2.24, 2.45) is 0 Å². The first-order valence-electron chi connectivity index (χ1n) is 9.92. The van der Waals surface area contributed by atoms with Gasteiger partial charge in [0, 0.05) is 39.2 Å². The van der Waals surface area contributed by atoms with Crippen molar-refractivity contribution in [3.05, 3.63) is 69.9 Å². The largest absolute Gasteiger partial charge is 0.508 e. The summed E-state index contributed by atoms with van der Waals surface area (Å²) in [5.41, 5.74) is -0.879. The lowest BCUT2D eigenvalue weighted by Gasteiger charge is -2.47. The number of hydrogen-bond acceptors (Lipinski definition) is 6. The van der Waals surface area contributed by atoms with E-state index in [0.717, 1.165) is 9.80 Å². The van der Waals surface area contributed by atoms with Crippen LogP contribution in [-0.2, 0) is 22.4 Å². The van der Waals surface area contributed by atoms with E-state index in [1.807, 2.05) is 0 Å². The minimum absolute atomic E-state index is 0.0307. The van der Waals surface area contributed by atoms with Gasteiger partial charge in [-0.05, 0) is 23.3 Å². The fourth-order valence-electron chi connectivity index (χ4n) is 4.24. The topological polar surface area (TPSA) is 140 Å². The third kappa shape index (κ3) is 3.25. The van der Waals surface area contributed by atoms with Crippen LogP contribution in [-0.4, -0.2) is 67.6 Å². The highest BCUT2D eigenvalue weighted by atomic mass is 16.6. The fraction of sp³-hybridized carbons (Fsp3) is 0.273. The molecule has 1 aromatic heterocycles. The first-order valence-corrected chi connectivity index (χ1v) is 9.92. The molecule has 3 aromatic rings. The van der Waals surface area contributed by atoms with Crippen LogP contribution < -0.4 is 0 Å². The molecule has 10 heteroatoms. The molecular formula is C22H22N4O6. The Kier molecular flexibility index (Phi) is 5.09. The monoisotopic (exact) mass is 438 g/mol. The number of aliphatic hydroxyl groups is 1. The number of carbonyl (C=O) groups is 2. The zero-order valence-corrected chi connectivity index (χ0v) is 17.5. The average Bonchev–Trinajstić information content (AvgIpc) is 3.19. The molecule has 2 aromatic carbocycles. The molecule has 2 heterocycles. The van der Waals surface area contributed by atoms with Gasteiger partial charge in [0.05, 0.1) is 15.8 Å². The lowest BCUT2D eigenvalue weighted by atomic mass is 9.92. The number of benzene rings is 2. The van der Waals surface area contributed by atoms with E-state index in [-0.39, 0.29) is 24.3 Å². The van der Waals surface area contributed by atoms with E-state index in [2.05, 4.69) is 4.98 Å². The summed E-state index contributed by atoms with van der Waals surface area (Å²) in [4.78, 5) is 42.5. The number of nitro benzene ring substituents is 1. The van der Waals surface area contributed by atoms with Crippen LogP contribution in [0.15, 0.2) is 48.7 Å². The fourth-order valence-corrected chi connectivity index (χ4v) is 4.24. The van der Waals surface area contributed by atoms with Crippen LogP contribution in [0.2, 0.25) is 0 Å². The Morgan fingerprint density at radius 2 is 1.84 bits per heavy atom. The second-order valence-corrected chi connectivity index (χ2v) is 7.93. The van der Waals surface area contributed by atoms with Gasteiger partial charge in [-0.2, -0.15) is 0 Å². The summed E-state index contributed by atoms with van der Waals surface area (Å²) in [7, 11) is 2.74. The van der Waals surface area contributed by atoms with Gasteiger partial charge in [-0.1, -0.05) is 24.3 Å². The van der Waals surface area contributed by atoms with E-state index in [1.54, 1.807) is 36.5 Å². The number of nitrogens with zero attached hydrogens (tertiary/aromatic N) is 3. The Labute approximate surface area is 182 Å². The standard InChI is InChI=1S/C22H22N4O6/c1-24-17(10-14-12-23-15-7-5-8-16(19(14)15)26(31)32)20(28)25(2)22(30,21(24)29)11-13-6-3-4-9-18(13)27/h3-9,12,17,23,27,30H,10-11H2,1-2H3/t17-,22+/m0/s1. The number of aromatic nitrogens is 1. The molecule has 1 fully saturated rings. The van der Waals surface area contributed by atoms with Crippen LogP contribution in [0, 0.1) is 10.1 Å². The van der Waals surface area contributed by atoms with E-state index in [4.69, 9.17) is 0 Å². The van der Waals surface area contributed by atoms with Crippen LogP contribution in [0.3, 0.4) is 0 Å². The van der Waals surface area contributed by atoms with Crippen LogP contribution >= 0.6 is 0 Å². The molecule has 1 aliphatic rings. The van der Waals surface area contributed by atoms with Gasteiger partial charge in [0.1, 0.15) is 11.8 Å². The van der Waals surface area contributed by atoms with Gasteiger partial charge in [0.25, 0.3) is 11.6 Å². The maximum absolute atomic E-state index is 13.2. The zero-order valence-electron chi connectivity index (χ0n) is 17.5. The van der Waals surface area contributed by atoms with Gasteiger partial charge in [0.15, 0.2) is 0 Å². The first-order chi connectivity index (χ1) is 15.1. The predicted molar refractivity (Wildman–Crippen MR) is 115 cm³/mol. The van der Waals surface area contributed by atoms with Crippen LogP contribution in [0.1, 0.15) is 11.1 Å². The Morgan fingerprint density at radius 1 is 1.12 bits per heavy atom. The molecule has 10 nitrogen and oxygen atoms in total. The number of para-hydroxylation sites is 1. The van der Waals surface area contributed by atoms with Crippen molar-refractivity contribution >= 4 is 28.4 Å². The summed E-state index contributed by atoms with van der Waals surface area (Å²) in [6.07, 6.45) is 1.34. The predicted octanol–water partition coefficient (Wildman–Crippen LogP) is 1.55. The number of amides is 2. The minimum atomic E-state index is -2.17. The van der Waals surface area contributed by atoms with Crippen LogP contribution in [0.4, 0.5) is 5.69 Å². The number of carbonyl (C=O) groups excluding carboxylic acids is 2. The highest BCUT2D eigenvalue weighted by Gasteiger charge is 2.53. The molecule has 1 aliphatic heterocycles. The number of phenols is 1. The molecule has 2 atom stereocenters. The SMILES string of the molecule is CN1C(=O)[C@](O)(Cc2ccccc2O)N(C)C(=O)[C@@H]1Cc1c[nH]c2cccc([N+](=O)[O-])c12. The number of non-ortho nitro benzene ring substituents is 1. The van der Waals surface area contributed by atoms with E-state index in [1.165, 1.54) is 26.2 Å². The molecule has 166 valence electrons. The van der Waals surface area contributed by atoms with Crippen molar-refractivity contribution in [1.82, 2.24) is 14.8 Å². The van der Waals surface area contributed by atoms with Crippen LogP contribution in [0.25, 0.3) is 10.9 Å². The minimum Gasteiger partial charge on any atom is -0.508 e. The number of nitro groups is 1. The van der Waals surface area contributed by atoms with E-state index in [9.17, 15) is 29.9 Å². The number of H-pyrrole nitrogens is 1. The summed E-state index contributed by atoms with van der Waals surface area (Å²) in [6, 6.07) is 9.95. The number of nitrogens with one attached hydrogen (secondary N) is 1. The van der Waals surface area contributed by atoms with E-state index >= 15 is 0 Å². The van der Waals surface area contributed by atoms with Gasteiger partial charge in [-0.15, -0.1) is 0 Å². The molecule has 32 heavy (non-hydrogen) atoms. The molecule has 2 amide bonds. The summed E-state index contributed by atoms with van der Waals surface area (Å²) in [5.74, 6) is -1.31. The Hall–Kier alpha value is -3.92. The van der Waals surface area contributed by atoms with Crippen molar-refractivity contribution in [3.63, 3.8) is 0 Å². The number of aromatic hydroxyl groups is 1. The Morgan fingerprint density at radius 3 is 2.53 bits per heavy atom. The smallest absolute Gasteiger partial charge is 0.279 e. The van der Waals surface area contributed by atoms with Crippen molar-refractivity contribution in [3.8, 4) is 5.75 Å². The lowest BCUT2D eigenvalue weighted by Crippen LogP contribution is -2.70. The van der Waals surface area contributed by atoms with Gasteiger partial charge in [0.2, 0.25) is 11.6 Å². The summed E-state index contributed by atoms with van der Waals surface area (Å²) >= 11 is 0. The Bertz CT molecular complexity index is 1240. The third-order valence-corrected chi connectivity index (χ3v) is 6.10. The summed E-state index contributed by atoms with van der Waals surface area (Å²) in [6.45, 7) is 0. The second kappa shape index (κ2) is 7.65. The Balaban J connectivity index is 1.67. The number of phenolic OH excluding ortho intramolecular Hbond substituents is 1. The molecule has 4 rings (SSSR count). The number of aromatic amines is 1. The van der Waals surface area contributed by atoms with Gasteiger partial charge in [-0.3, -0.25) is 19.7 Å². The molecule has 0 unspecified atom stereocenters. The maximum atomic E-state index is 13.2. The summed E-state index contributed by atoms with van der Waals surface area (Å²) < 4.78 is 0. The van der Waals surface area contributed by atoms with Gasteiger partial charge in [-0.25, -0.2) is 0 Å². The molecule has 3 N–H and O–H groups in total. The number of piperazine rings is 1. The number of hydrogen-bond donors (Lipinski definition) is 3. The molecule has 0 aliphatic carbocycles. The lowest BCUT2D eigenvalue weighted by molar-refractivity contribution is -0.383. The molecule has 0 spiro atoms. The van der Waals surface area contributed by atoms with E-state index in [0.29, 0.717) is 22.0 Å². The highest BCUT2D eigenvalue weighted by Crippen LogP contribution is 2.33. The van der Waals surface area contributed by atoms with E-state index < -0.39 is 28.5 Å². The van der Waals surface area contributed by atoms with Crippen molar-refractivity contribution < 1.29 is 24.7 Å². The summed E-state index contributed by atoms with van der Waals surface area (Å²) in [5, 5.41) is 33.1. The van der Waals surface area contributed by atoms with Crippen molar-refractivity contribution in [2.75, 3.05) is 14.1 Å². The molecule has 0 radical (unpaired) electrons. The van der Waals surface area contributed by atoms with Gasteiger partial charge >= 0.3 is 0 Å². The quantitative estimate of drug-likeness (QED) is 0.408. The second-order valence-electron chi connectivity index (χ2n) is 7.93. The third-order valence-electron chi connectivity index (χ3n) is 6.10. The maximum Gasteiger partial charge on any atom is 0.279 e. The zero-order chi connectivity index (χ0) is 23.2. The number of rotatable bonds is 5. The average molecular weight is 438 g/mol. The van der Waals surface area contributed by atoms with Crippen LogP contribution in [0.5, 0.6) is 5.75 Å². The molecule has 0 bridgehead atoms. The molecular weight excluding hydrogens is 416 g/mol. The van der Waals surface area contributed by atoms with Crippen molar-refractivity contribution in [2.45, 2.75) is 24.6 Å². The number of likely N-dealkylation sites (N-methyl/N-ethyl adjacent to an activating group) is 2. The van der Waals surface area contributed by atoms with Gasteiger partial charge < -0.3 is 25.0 Å². The first kappa shape index (κ1) is 21.3.